The SMILES string of the molecule is CSC#Cc1ccc(C(=O)NC2C(C)(C)C(Oc3ccc(C#N)c(Cl)c3)C2(C)C)cc1. The highest BCUT2D eigenvalue weighted by atomic mass is 35.5. The van der Waals surface area contributed by atoms with Gasteiger partial charge in [0.1, 0.15) is 17.9 Å². The highest BCUT2D eigenvalue weighted by molar-refractivity contribution is 8.03. The minimum atomic E-state index is -0.302. The van der Waals surface area contributed by atoms with Gasteiger partial charge >= 0.3 is 0 Å². The van der Waals surface area contributed by atoms with Crippen molar-refractivity contribution >= 4 is 29.3 Å². The Kier molecular flexibility index (Phi) is 6.60. The second-order valence-electron chi connectivity index (χ2n) is 8.81. The largest absolute Gasteiger partial charge is 0.489 e. The van der Waals surface area contributed by atoms with Crippen LogP contribution in [0.25, 0.3) is 0 Å². The van der Waals surface area contributed by atoms with Crippen LogP contribution in [0, 0.1) is 33.3 Å². The molecule has 0 unspecified atom stereocenters. The Hall–Kier alpha value is -2.60. The highest BCUT2D eigenvalue weighted by Gasteiger charge is 2.64. The third-order valence-electron chi connectivity index (χ3n) is 5.87. The van der Waals surface area contributed by atoms with Gasteiger partial charge in [0.05, 0.1) is 10.6 Å². The van der Waals surface area contributed by atoms with E-state index >= 15 is 0 Å². The van der Waals surface area contributed by atoms with Crippen molar-refractivity contribution in [1.82, 2.24) is 5.32 Å². The molecule has 2 aromatic rings. The van der Waals surface area contributed by atoms with Crippen molar-refractivity contribution in [2.75, 3.05) is 6.26 Å². The van der Waals surface area contributed by atoms with Gasteiger partial charge in [-0.1, -0.05) is 57.0 Å². The molecule has 6 heteroatoms. The van der Waals surface area contributed by atoms with E-state index in [-0.39, 0.29) is 28.9 Å². The number of carbonyl (C=O) groups excluding carboxylic acids is 1. The van der Waals surface area contributed by atoms with Crippen LogP contribution < -0.4 is 10.1 Å². The maximum absolute atomic E-state index is 12.9. The fraction of sp³-hybridized carbons (Fsp3) is 0.360. The van der Waals surface area contributed by atoms with Gasteiger partial charge in [-0.3, -0.25) is 4.79 Å². The fourth-order valence-electron chi connectivity index (χ4n) is 4.63. The quantitative estimate of drug-likeness (QED) is 0.622. The van der Waals surface area contributed by atoms with Crippen LogP contribution in [0.2, 0.25) is 5.02 Å². The van der Waals surface area contributed by atoms with Crippen molar-refractivity contribution in [2.24, 2.45) is 10.8 Å². The van der Waals surface area contributed by atoms with Gasteiger partial charge in [0, 0.05) is 34.1 Å². The number of thioether (sulfide) groups is 1. The zero-order valence-electron chi connectivity index (χ0n) is 18.2. The summed E-state index contributed by atoms with van der Waals surface area (Å²) in [5.74, 6) is 3.52. The molecule has 1 aliphatic carbocycles. The Bertz CT molecular complexity index is 1080. The molecule has 1 saturated carbocycles. The molecular formula is C25H25ClN2O2S. The first-order valence-corrected chi connectivity index (χ1v) is 11.5. The summed E-state index contributed by atoms with van der Waals surface area (Å²) in [5, 5.41) is 15.6. The molecule has 3 rings (SSSR count). The average molecular weight is 453 g/mol. The number of hydrogen-bond acceptors (Lipinski definition) is 4. The first-order chi connectivity index (χ1) is 14.6. The smallest absolute Gasteiger partial charge is 0.251 e. The lowest BCUT2D eigenvalue weighted by molar-refractivity contribution is -0.164. The molecule has 0 spiro atoms. The van der Waals surface area contributed by atoms with E-state index in [1.54, 1.807) is 30.3 Å². The van der Waals surface area contributed by atoms with E-state index in [1.807, 2.05) is 18.4 Å². The van der Waals surface area contributed by atoms with Crippen LogP contribution in [0.1, 0.15) is 49.2 Å². The molecule has 0 atom stereocenters. The number of carbonyl (C=O) groups is 1. The van der Waals surface area contributed by atoms with Gasteiger partial charge in [0.2, 0.25) is 0 Å². The average Bonchev–Trinajstić information content (AvgIpc) is 2.74. The molecule has 31 heavy (non-hydrogen) atoms. The van der Waals surface area contributed by atoms with E-state index in [9.17, 15) is 4.79 Å². The lowest BCUT2D eigenvalue weighted by Crippen LogP contribution is -2.74. The van der Waals surface area contributed by atoms with Crippen molar-refractivity contribution < 1.29 is 9.53 Å². The maximum Gasteiger partial charge on any atom is 0.251 e. The topological polar surface area (TPSA) is 62.1 Å². The van der Waals surface area contributed by atoms with Crippen molar-refractivity contribution in [1.29, 1.82) is 5.26 Å². The summed E-state index contributed by atoms with van der Waals surface area (Å²) in [5.41, 5.74) is 1.29. The third-order valence-corrected chi connectivity index (χ3v) is 6.49. The molecule has 0 radical (unpaired) electrons. The number of amides is 1. The highest BCUT2D eigenvalue weighted by Crippen LogP contribution is 2.55. The molecule has 1 aliphatic rings. The first-order valence-electron chi connectivity index (χ1n) is 9.92. The first kappa shape index (κ1) is 23.1. The van der Waals surface area contributed by atoms with Crippen molar-refractivity contribution in [3.63, 3.8) is 0 Å². The molecule has 0 bridgehead atoms. The summed E-state index contributed by atoms with van der Waals surface area (Å²) in [4.78, 5) is 12.9. The summed E-state index contributed by atoms with van der Waals surface area (Å²) < 4.78 is 6.27. The second-order valence-corrected chi connectivity index (χ2v) is 9.83. The number of benzene rings is 2. The summed E-state index contributed by atoms with van der Waals surface area (Å²) in [6.07, 6.45) is 1.78. The van der Waals surface area contributed by atoms with Crippen LogP contribution in [0.3, 0.4) is 0 Å². The van der Waals surface area contributed by atoms with Crippen LogP contribution in [-0.4, -0.2) is 24.3 Å². The van der Waals surface area contributed by atoms with Crippen LogP contribution >= 0.6 is 23.4 Å². The van der Waals surface area contributed by atoms with Crippen LogP contribution in [0.4, 0.5) is 0 Å². The Morgan fingerprint density at radius 2 is 1.77 bits per heavy atom. The predicted octanol–water partition coefficient (Wildman–Crippen LogP) is 5.50. The molecule has 1 N–H and O–H groups in total. The molecule has 0 aromatic heterocycles. The fourth-order valence-corrected chi connectivity index (χ4v) is 5.06. The molecule has 0 aliphatic heterocycles. The number of ether oxygens (including phenoxy) is 1. The lowest BCUT2D eigenvalue weighted by atomic mass is 9.49. The van der Waals surface area contributed by atoms with E-state index in [1.165, 1.54) is 11.8 Å². The van der Waals surface area contributed by atoms with Gasteiger partial charge in [0.25, 0.3) is 5.91 Å². The Labute approximate surface area is 193 Å². The lowest BCUT2D eigenvalue weighted by Gasteiger charge is -2.63. The van der Waals surface area contributed by atoms with Crippen molar-refractivity contribution in [3.05, 3.63) is 64.2 Å². The molecule has 1 amide bonds. The van der Waals surface area contributed by atoms with Gasteiger partial charge < -0.3 is 10.1 Å². The Morgan fingerprint density at radius 1 is 1.13 bits per heavy atom. The van der Waals surface area contributed by atoms with Crippen molar-refractivity contribution in [2.45, 2.75) is 39.8 Å². The summed E-state index contributed by atoms with van der Waals surface area (Å²) in [7, 11) is 0. The molecule has 0 saturated heterocycles. The number of nitrogens with one attached hydrogen (secondary N) is 1. The zero-order chi connectivity index (χ0) is 22.8. The monoisotopic (exact) mass is 452 g/mol. The third kappa shape index (κ3) is 4.54. The summed E-state index contributed by atoms with van der Waals surface area (Å²) >= 11 is 7.61. The van der Waals surface area contributed by atoms with E-state index in [0.29, 0.717) is 21.9 Å². The molecule has 1 fully saturated rings. The normalized spacial score (nSPS) is 20.4. The number of nitrogens with zero attached hydrogens (tertiary/aromatic N) is 1. The number of nitriles is 1. The van der Waals surface area contributed by atoms with Crippen LogP contribution in [0.15, 0.2) is 42.5 Å². The summed E-state index contributed by atoms with van der Waals surface area (Å²) in [6, 6.07) is 14.4. The molecular weight excluding hydrogens is 428 g/mol. The van der Waals surface area contributed by atoms with Gasteiger partial charge in [-0.2, -0.15) is 5.26 Å². The van der Waals surface area contributed by atoms with Crippen LogP contribution in [-0.2, 0) is 0 Å². The maximum atomic E-state index is 12.9. The van der Waals surface area contributed by atoms with E-state index < -0.39 is 0 Å². The molecule has 2 aromatic carbocycles. The van der Waals surface area contributed by atoms with E-state index in [0.717, 1.165) is 5.56 Å². The van der Waals surface area contributed by atoms with E-state index in [2.05, 4.69) is 50.3 Å². The zero-order valence-corrected chi connectivity index (χ0v) is 19.8. The van der Waals surface area contributed by atoms with Gasteiger partial charge in [-0.05, 0) is 47.9 Å². The van der Waals surface area contributed by atoms with Gasteiger partial charge in [0.15, 0.2) is 0 Å². The molecule has 160 valence electrons. The number of halogens is 1. The summed E-state index contributed by atoms with van der Waals surface area (Å²) in [6.45, 7) is 8.33. The Morgan fingerprint density at radius 3 is 2.32 bits per heavy atom. The standard InChI is InChI=1S/C25H25ClN2O2S/c1-24(2)22(28-21(29)17-8-6-16(7-9-17)12-13-31-5)25(3,4)23(24)30-19-11-10-18(15-27)20(26)14-19/h6-11,14,22-23H,1-5H3,(H,28,29). The predicted molar refractivity (Wildman–Crippen MR) is 126 cm³/mol. The Balaban J connectivity index is 1.72. The van der Waals surface area contributed by atoms with Gasteiger partial charge in [-0.15, -0.1) is 0 Å². The molecule has 0 heterocycles. The number of rotatable bonds is 4. The van der Waals surface area contributed by atoms with Gasteiger partial charge in [-0.25, -0.2) is 0 Å². The van der Waals surface area contributed by atoms with Crippen LogP contribution in [0.5, 0.6) is 5.75 Å². The van der Waals surface area contributed by atoms with E-state index in [4.69, 9.17) is 21.6 Å². The second kappa shape index (κ2) is 8.87. The molecule has 4 nitrogen and oxygen atoms in total. The number of hydrogen-bond donors (Lipinski definition) is 1. The van der Waals surface area contributed by atoms with Crippen molar-refractivity contribution in [3.8, 4) is 23.0 Å². The minimum Gasteiger partial charge on any atom is -0.489 e. The minimum absolute atomic E-state index is 0.0812.